The van der Waals surface area contributed by atoms with Gasteiger partial charge in [0.1, 0.15) is 0 Å². The topological polar surface area (TPSA) is 46.6 Å². The van der Waals surface area contributed by atoms with Crippen LogP contribution in [0, 0.1) is 0 Å². The molecule has 4 heteroatoms. The molecular formula is C9H11ClN3. The van der Waals surface area contributed by atoms with Gasteiger partial charge in [0.15, 0.2) is 0 Å². The number of aromatic nitrogens is 1. The molecule has 1 aliphatic rings. The van der Waals surface area contributed by atoms with Crippen molar-refractivity contribution in [2.45, 2.75) is 12.8 Å². The van der Waals surface area contributed by atoms with Gasteiger partial charge in [0.25, 0.3) is 0 Å². The zero-order chi connectivity index (χ0) is 8.39. The van der Waals surface area contributed by atoms with Crippen LogP contribution in [0.4, 0.5) is 5.69 Å². The molecule has 3 nitrogen and oxygen atoms in total. The number of rotatable bonds is 1. The first-order valence-corrected chi connectivity index (χ1v) is 4.60. The predicted molar refractivity (Wildman–Crippen MR) is 52.8 cm³/mol. The molecule has 1 saturated heterocycles. The van der Waals surface area contributed by atoms with Crippen LogP contribution in [-0.2, 0) is 0 Å². The lowest BCUT2D eigenvalue weighted by Crippen LogP contribution is -2.17. The van der Waals surface area contributed by atoms with Gasteiger partial charge in [0.05, 0.1) is 16.9 Å². The Hall–Kier alpha value is -0.800. The first kappa shape index (κ1) is 10.3. The number of halogens is 1. The van der Waals surface area contributed by atoms with Gasteiger partial charge in [-0.15, -0.1) is 0 Å². The van der Waals surface area contributed by atoms with Gasteiger partial charge in [0, 0.05) is 25.4 Å². The first-order chi connectivity index (χ1) is 5.88. The molecule has 0 amide bonds. The van der Waals surface area contributed by atoms with Crippen LogP contribution >= 0.6 is 11.6 Å². The molecule has 1 aliphatic heterocycles. The van der Waals surface area contributed by atoms with E-state index >= 15 is 0 Å². The van der Waals surface area contributed by atoms with Crippen molar-refractivity contribution in [1.29, 1.82) is 0 Å². The van der Waals surface area contributed by atoms with Crippen molar-refractivity contribution in [3.63, 3.8) is 0 Å². The predicted octanol–water partition coefficient (Wildman–Crippen LogP) is 1.85. The van der Waals surface area contributed by atoms with E-state index in [2.05, 4.69) is 9.88 Å². The Kier molecular flexibility index (Phi) is 3.51. The zero-order valence-corrected chi connectivity index (χ0v) is 8.04. The lowest BCUT2D eigenvalue weighted by Gasteiger charge is -2.17. The average molecular weight is 197 g/mol. The SMILES string of the molecule is Clc1ccncc1N1CCCC1.[N]. The second-order valence-electron chi connectivity index (χ2n) is 3.02. The second kappa shape index (κ2) is 4.44. The van der Waals surface area contributed by atoms with Crippen LogP contribution in [-0.4, -0.2) is 18.1 Å². The first-order valence-electron chi connectivity index (χ1n) is 4.22. The van der Waals surface area contributed by atoms with Crippen LogP contribution in [0.3, 0.4) is 0 Å². The minimum absolute atomic E-state index is 0. The highest BCUT2D eigenvalue weighted by atomic mass is 35.5. The molecule has 0 N–H and O–H groups in total. The summed E-state index contributed by atoms with van der Waals surface area (Å²) in [5, 5.41) is 0.812. The van der Waals surface area contributed by atoms with Gasteiger partial charge in [-0.1, -0.05) is 11.6 Å². The Balaban J connectivity index is 0.000000845. The van der Waals surface area contributed by atoms with Crippen LogP contribution in [0.2, 0.25) is 5.02 Å². The second-order valence-corrected chi connectivity index (χ2v) is 3.43. The lowest BCUT2D eigenvalue weighted by atomic mass is 10.4. The molecule has 2 rings (SSSR count). The fraction of sp³-hybridized carbons (Fsp3) is 0.444. The van der Waals surface area contributed by atoms with Crippen LogP contribution < -0.4 is 11.1 Å². The van der Waals surface area contributed by atoms with Crippen LogP contribution in [0.1, 0.15) is 12.8 Å². The van der Waals surface area contributed by atoms with E-state index in [0.717, 1.165) is 23.8 Å². The van der Waals surface area contributed by atoms with Gasteiger partial charge in [-0.05, 0) is 18.9 Å². The van der Waals surface area contributed by atoms with Crippen molar-refractivity contribution in [2.24, 2.45) is 0 Å². The molecule has 0 atom stereocenters. The highest BCUT2D eigenvalue weighted by Crippen LogP contribution is 2.26. The highest BCUT2D eigenvalue weighted by Gasteiger charge is 2.14. The standard InChI is InChI=1S/C9H11ClN2.N/c10-8-3-4-11-7-9(8)12-5-1-2-6-12;/h3-4,7H,1-2,5-6H2;. The normalized spacial score (nSPS) is 15.6. The maximum Gasteiger partial charge on any atom is 0.0742 e. The van der Waals surface area contributed by atoms with E-state index in [1.807, 2.05) is 12.3 Å². The number of hydrogen-bond donors (Lipinski definition) is 0. The van der Waals surface area contributed by atoms with Crippen molar-refractivity contribution in [3.8, 4) is 0 Å². The molecule has 1 fully saturated rings. The fourth-order valence-electron chi connectivity index (χ4n) is 1.56. The molecule has 0 aliphatic carbocycles. The van der Waals surface area contributed by atoms with E-state index in [-0.39, 0.29) is 6.15 Å². The van der Waals surface area contributed by atoms with E-state index in [0.29, 0.717) is 0 Å². The van der Waals surface area contributed by atoms with E-state index in [1.165, 1.54) is 12.8 Å². The molecule has 13 heavy (non-hydrogen) atoms. The largest absolute Gasteiger partial charge is 0.369 e. The van der Waals surface area contributed by atoms with Gasteiger partial charge in [-0.2, -0.15) is 0 Å². The van der Waals surface area contributed by atoms with Gasteiger partial charge in [0.2, 0.25) is 0 Å². The van der Waals surface area contributed by atoms with Crippen molar-refractivity contribution in [3.05, 3.63) is 23.5 Å². The monoisotopic (exact) mass is 196 g/mol. The third-order valence-corrected chi connectivity index (χ3v) is 2.51. The lowest BCUT2D eigenvalue weighted by molar-refractivity contribution is 0.949. The molecule has 3 radical (unpaired) electrons. The van der Waals surface area contributed by atoms with Crippen molar-refractivity contribution < 1.29 is 0 Å². The Labute approximate surface area is 83.3 Å². The molecule has 0 aromatic carbocycles. The Morgan fingerprint density at radius 3 is 2.62 bits per heavy atom. The van der Waals surface area contributed by atoms with Gasteiger partial charge < -0.3 is 4.90 Å². The molecule has 69 valence electrons. The number of hydrogen-bond acceptors (Lipinski definition) is 2. The summed E-state index contributed by atoms with van der Waals surface area (Å²) >= 11 is 6.02. The minimum Gasteiger partial charge on any atom is -0.369 e. The third kappa shape index (κ3) is 2.11. The zero-order valence-electron chi connectivity index (χ0n) is 7.28. The molecule has 2 heterocycles. The summed E-state index contributed by atoms with van der Waals surface area (Å²) in [6, 6.07) is 1.84. The smallest absolute Gasteiger partial charge is 0.0742 e. The van der Waals surface area contributed by atoms with Crippen LogP contribution in [0.15, 0.2) is 18.5 Å². The molecule has 1 aromatic rings. The molecule has 1 aromatic heterocycles. The average Bonchev–Trinajstić information content (AvgIpc) is 2.57. The van der Waals surface area contributed by atoms with Gasteiger partial charge in [-0.25, -0.2) is 0 Å². The summed E-state index contributed by atoms with van der Waals surface area (Å²) in [6.45, 7) is 2.23. The Morgan fingerprint density at radius 2 is 2.00 bits per heavy atom. The molecule has 0 bridgehead atoms. The van der Waals surface area contributed by atoms with Gasteiger partial charge in [-0.3, -0.25) is 4.98 Å². The van der Waals surface area contributed by atoms with Crippen molar-refractivity contribution >= 4 is 17.3 Å². The summed E-state index contributed by atoms with van der Waals surface area (Å²) in [4.78, 5) is 6.35. The minimum atomic E-state index is 0. The van der Waals surface area contributed by atoms with Gasteiger partial charge >= 0.3 is 0 Å². The summed E-state index contributed by atoms with van der Waals surface area (Å²) in [6.07, 6.45) is 6.10. The molecule has 0 unspecified atom stereocenters. The Morgan fingerprint density at radius 1 is 1.31 bits per heavy atom. The molecular weight excluding hydrogens is 186 g/mol. The summed E-state index contributed by atoms with van der Waals surface area (Å²) < 4.78 is 0. The fourth-order valence-corrected chi connectivity index (χ4v) is 1.78. The van der Waals surface area contributed by atoms with Crippen molar-refractivity contribution in [1.82, 2.24) is 11.1 Å². The summed E-state index contributed by atoms with van der Waals surface area (Å²) in [5.74, 6) is 0. The van der Waals surface area contributed by atoms with E-state index in [9.17, 15) is 0 Å². The maximum absolute atomic E-state index is 6.02. The number of anilines is 1. The summed E-state index contributed by atoms with van der Waals surface area (Å²) in [7, 11) is 0. The van der Waals surface area contributed by atoms with E-state index < -0.39 is 0 Å². The number of pyridine rings is 1. The molecule has 0 spiro atoms. The number of nitrogens with zero attached hydrogens (tertiary/aromatic N) is 3. The maximum atomic E-state index is 6.02. The summed E-state index contributed by atoms with van der Waals surface area (Å²) in [5.41, 5.74) is 1.08. The molecule has 0 saturated carbocycles. The third-order valence-electron chi connectivity index (χ3n) is 2.20. The highest BCUT2D eigenvalue weighted by molar-refractivity contribution is 6.33. The van der Waals surface area contributed by atoms with Crippen molar-refractivity contribution in [2.75, 3.05) is 18.0 Å². The quantitative estimate of drug-likeness (QED) is 0.688. The van der Waals surface area contributed by atoms with Crippen LogP contribution in [0.5, 0.6) is 0 Å². The van der Waals surface area contributed by atoms with E-state index in [1.54, 1.807) is 6.20 Å². The van der Waals surface area contributed by atoms with Crippen LogP contribution in [0.25, 0.3) is 0 Å². The Bertz CT molecular complexity index is 271. The van der Waals surface area contributed by atoms with E-state index in [4.69, 9.17) is 11.6 Å².